The quantitative estimate of drug-likeness (QED) is 0.755. The van der Waals surface area contributed by atoms with Gasteiger partial charge in [-0.05, 0) is 34.5 Å². The van der Waals surface area contributed by atoms with Crippen molar-refractivity contribution in [1.29, 1.82) is 0 Å². The largest absolute Gasteiger partial charge is 0.253 e. The molecule has 0 aliphatic rings. The molecule has 0 radical (unpaired) electrons. The molecule has 0 saturated carbocycles. The lowest BCUT2D eigenvalue weighted by Gasteiger charge is -2.03. The molecule has 5 heteroatoms. The van der Waals surface area contributed by atoms with Gasteiger partial charge in [-0.15, -0.1) is 0 Å². The third kappa shape index (κ3) is 2.16. The minimum atomic E-state index is 0.394. The van der Waals surface area contributed by atoms with E-state index >= 15 is 0 Å². The average Bonchev–Trinajstić information content (AvgIpc) is 2.23. The third-order valence-electron chi connectivity index (χ3n) is 1.92. The Balaban J connectivity index is 2.55. The molecule has 2 heterocycles. The Morgan fingerprint density at radius 1 is 1.33 bits per heavy atom. The fourth-order valence-corrected chi connectivity index (χ4v) is 1.50. The van der Waals surface area contributed by atoms with Crippen LogP contribution in [0.3, 0.4) is 0 Å². The van der Waals surface area contributed by atoms with E-state index in [4.69, 9.17) is 11.6 Å². The summed E-state index contributed by atoms with van der Waals surface area (Å²) in [5.74, 6) is 0.543. The lowest BCUT2D eigenvalue weighted by atomic mass is 10.2. The highest BCUT2D eigenvalue weighted by atomic mass is 79.9. The molecule has 0 N–H and O–H groups in total. The summed E-state index contributed by atoms with van der Waals surface area (Å²) in [6.07, 6.45) is 3.33. The highest BCUT2D eigenvalue weighted by Crippen LogP contribution is 2.23. The maximum Gasteiger partial charge on any atom is 0.179 e. The van der Waals surface area contributed by atoms with Crippen LogP contribution in [0.5, 0.6) is 0 Å². The molecule has 0 saturated heterocycles. The van der Waals surface area contributed by atoms with E-state index in [2.05, 4.69) is 30.9 Å². The standard InChI is InChI=1S/C10H7BrClN3/c1-6-3-2-4-13-8(6)10-14-5-7(11)9(12)15-10/h2-5H,1H3. The summed E-state index contributed by atoms with van der Waals surface area (Å²) in [6.45, 7) is 1.96. The van der Waals surface area contributed by atoms with E-state index in [9.17, 15) is 0 Å². The fraction of sp³-hybridized carbons (Fsp3) is 0.100. The van der Waals surface area contributed by atoms with Gasteiger partial charge < -0.3 is 0 Å². The second-order valence-corrected chi connectivity index (χ2v) is 4.21. The van der Waals surface area contributed by atoms with Crippen molar-refractivity contribution in [2.45, 2.75) is 6.92 Å². The van der Waals surface area contributed by atoms with Gasteiger partial charge in [0.25, 0.3) is 0 Å². The molecule has 76 valence electrons. The highest BCUT2D eigenvalue weighted by Gasteiger charge is 2.08. The average molecular weight is 285 g/mol. The number of halogens is 2. The zero-order valence-corrected chi connectivity index (χ0v) is 10.2. The Hall–Kier alpha value is -1.000. The first kappa shape index (κ1) is 10.5. The minimum absolute atomic E-state index is 0.394. The number of rotatable bonds is 1. The first-order valence-electron chi connectivity index (χ1n) is 4.28. The van der Waals surface area contributed by atoms with Crippen molar-refractivity contribution >= 4 is 27.5 Å². The maximum absolute atomic E-state index is 5.89. The molecule has 2 rings (SSSR count). The molecular weight excluding hydrogens is 277 g/mol. The summed E-state index contributed by atoms with van der Waals surface area (Å²) >= 11 is 9.13. The summed E-state index contributed by atoms with van der Waals surface area (Å²) in [6, 6.07) is 3.83. The number of hydrogen-bond donors (Lipinski definition) is 0. The summed E-state index contributed by atoms with van der Waals surface area (Å²) in [5.41, 5.74) is 1.78. The molecule has 0 aromatic carbocycles. The van der Waals surface area contributed by atoms with Gasteiger partial charge in [-0.25, -0.2) is 9.97 Å². The second-order valence-electron chi connectivity index (χ2n) is 3.00. The fourth-order valence-electron chi connectivity index (χ4n) is 1.18. The number of pyridine rings is 1. The number of nitrogens with zero attached hydrogens (tertiary/aromatic N) is 3. The van der Waals surface area contributed by atoms with Crippen LogP contribution in [-0.4, -0.2) is 15.0 Å². The van der Waals surface area contributed by atoms with Crippen LogP contribution in [-0.2, 0) is 0 Å². The van der Waals surface area contributed by atoms with Crippen LogP contribution in [0.25, 0.3) is 11.5 Å². The molecule has 0 spiro atoms. The zero-order chi connectivity index (χ0) is 10.8. The molecular formula is C10H7BrClN3. The molecule has 0 fully saturated rings. The van der Waals surface area contributed by atoms with Crippen molar-refractivity contribution in [3.63, 3.8) is 0 Å². The number of hydrogen-bond acceptors (Lipinski definition) is 3. The van der Waals surface area contributed by atoms with Crippen LogP contribution in [0, 0.1) is 6.92 Å². The topological polar surface area (TPSA) is 38.7 Å². The summed E-state index contributed by atoms with van der Waals surface area (Å²) in [7, 11) is 0. The monoisotopic (exact) mass is 283 g/mol. The van der Waals surface area contributed by atoms with E-state index in [1.807, 2.05) is 19.1 Å². The molecule has 2 aromatic heterocycles. The normalized spacial score (nSPS) is 10.3. The van der Waals surface area contributed by atoms with Gasteiger partial charge in [-0.3, -0.25) is 4.98 Å². The number of aromatic nitrogens is 3. The highest BCUT2D eigenvalue weighted by molar-refractivity contribution is 9.10. The van der Waals surface area contributed by atoms with E-state index in [-0.39, 0.29) is 0 Å². The lowest BCUT2D eigenvalue weighted by Crippen LogP contribution is -1.94. The van der Waals surface area contributed by atoms with Crippen molar-refractivity contribution in [3.8, 4) is 11.5 Å². The van der Waals surface area contributed by atoms with Crippen LogP contribution >= 0.6 is 27.5 Å². The van der Waals surface area contributed by atoms with Gasteiger partial charge in [0.1, 0.15) is 10.8 Å². The predicted octanol–water partition coefficient (Wildman–Crippen LogP) is 3.26. The molecule has 0 bridgehead atoms. The lowest BCUT2D eigenvalue weighted by molar-refractivity contribution is 1.11. The van der Waals surface area contributed by atoms with Crippen molar-refractivity contribution in [1.82, 2.24) is 15.0 Å². The Morgan fingerprint density at radius 2 is 2.13 bits per heavy atom. The smallest absolute Gasteiger partial charge is 0.179 e. The Morgan fingerprint density at radius 3 is 2.80 bits per heavy atom. The summed E-state index contributed by atoms with van der Waals surface area (Å²) in [5, 5.41) is 0.394. The van der Waals surface area contributed by atoms with Gasteiger partial charge in [0.15, 0.2) is 5.82 Å². The molecule has 3 nitrogen and oxygen atoms in total. The van der Waals surface area contributed by atoms with Gasteiger partial charge in [-0.1, -0.05) is 17.7 Å². The van der Waals surface area contributed by atoms with Crippen LogP contribution in [0.15, 0.2) is 29.0 Å². The van der Waals surface area contributed by atoms with E-state index in [0.29, 0.717) is 15.5 Å². The molecule has 0 atom stereocenters. The number of aryl methyl sites for hydroxylation is 1. The van der Waals surface area contributed by atoms with Gasteiger partial charge in [0.2, 0.25) is 0 Å². The van der Waals surface area contributed by atoms with E-state index in [1.165, 1.54) is 0 Å². The van der Waals surface area contributed by atoms with E-state index in [0.717, 1.165) is 11.3 Å². The first-order chi connectivity index (χ1) is 7.18. The molecule has 15 heavy (non-hydrogen) atoms. The van der Waals surface area contributed by atoms with Crippen LogP contribution in [0.4, 0.5) is 0 Å². The van der Waals surface area contributed by atoms with E-state index in [1.54, 1.807) is 12.4 Å². The summed E-state index contributed by atoms with van der Waals surface area (Å²) in [4.78, 5) is 12.5. The van der Waals surface area contributed by atoms with Crippen LogP contribution < -0.4 is 0 Å². The second kappa shape index (κ2) is 4.24. The SMILES string of the molecule is Cc1cccnc1-c1ncc(Br)c(Cl)n1. The minimum Gasteiger partial charge on any atom is -0.253 e. The molecule has 0 amide bonds. The molecule has 0 aliphatic carbocycles. The first-order valence-corrected chi connectivity index (χ1v) is 5.45. The van der Waals surface area contributed by atoms with Gasteiger partial charge >= 0.3 is 0 Å². The Kier molecular flexibility index (Phi) is 2.98. The summed E-state index contributed by atoms with van der Waals surface area (Å²) < 4.78 is 0.682. The van der Waals surface area contributed by atoms with Crippen molar-refractivity contribution in [2.24, 2.45) is 0 Å². The van der Waals surface area contributed by atoms with Gasteiger partial charge in [0, 0.05) is 12.4 Å². The van der Waals surface area contributed by atoms with Gasteiger partial charge in [-0.2, -0.15) is 0 Å². The molecule has 0 unspecified atom stereocenters. The maximum atomic E-state index is 5.89. The van der Waals surface area contributed by atoms with Crippen molar-refractivity contribution in [3.05, 3.63) is 39.7 Å². The predicted molar refractivity (Wildman–Crippen MR) is 62.7 cm³/mol. The molecule has 2 aromatic rings. The third-order valence-corrected chi connectivity index (χ3v) is 3.02. The van der Waals surface area contributed by atoms with Crippen LogP contribution in [0.2, 0.25) is 5.15 Å². The Labute approximate surface area is 101 Å². The van der Waals surface area contributed by atoms with E-state index < -0.39 is 0 Å². The van der Waals surface area contributed by atoms with Crippen molar-refractivity contribution < 1.29 is 0 Å². The van der Waals surface area contributed by atoms with Crippen LogP contribution in [0.1, 0.15) is 5.56 Å². The zero-order valence-electron chi connectivity index (χ0n) is 7.91. The molecule has 0 aliphatic heterocycles. The van der Waals surface area contributed by atoms with Crippen molar-refractivity contribution in [2.75, 3.05) is 0 Å². The Bertz CT molecular complexity index is 502. The van der Waals surface area contributed by atoms with Gasteiger partial charge in [0.05, 0.1) is 4.47 Å².